The summed E-state index contributed by atoms with van der Waals surface area (Å²) in [5.41, 5.74) is -0.267. The molecular formula is C22H27N5O4. The summed E-state index contributed by atoms with van der Waals surface area (Å²) in [4.78, 5) is 38.2. The van der Waals surface area contributed by atoms with Crippen LogP contribution in [-0.2, 0) is 16.1 Å². The molecule has 0 aliphatic carbocycles. The third-order valence-electron chi connectivity index (χ3n) is 4.66. The van der Waals surface area contributed by atoms with Crippen molar-refractivity contribution >= 4 is 28.5 Å². The molecule has 3 rings (SSSR count). The van der Waals surface area contributed by atoms with Gasteiger partial charge in [0.25, 0.3) is 11.5 Å². The van der Waals surface area contributed by atoms with E-state index in [2.05, 4.69) is 15.5 Å². The fourth-order valence-electron chi connectivity index (χ4n) is 3.18. The van der Waals surface area contributed by atoms with Crippen molar-refractivity contribution in [2.24, 2.45) is 5.92 Å². The van der Waals surface area contributed by atoms with Gasteiger partial charge in [-0.25, -0.2) is 14.2 Å². The van der Waals surface area contributed by atoms with Crippen LogP contribution in [-0.4, -0.2) is 37.5 Å². The van der Waals surface area contributed by atoms with Crippen LogP contribution in [0.2, 0.25) is 0 Å². The fraction of sp³-hybridized carbons (Fsp3) is 0.409. The number of nitrogens with zero attached hydrogens (tertiary/aromatic N) is 4. The molecule has 0 unspecified atom stereocenters. The third kappa shape index (κ3) is 4.82. The van der Waals surface area contributed by atoms with Crippen molar-refractivity contribution in [1.82, 2.24) is 19.6 Å². The molecule has 3 aromatic rings. The number of nitrogens with one attached hydrogen (secondary N) is 1. The van der Waals surface area contributed by atoms with Crippen LogP contribution < -0.4 is 10.9 Å². The highest BCUT2D eigenvalue weighted by Gasteiger charge is 2.24. The van der Waals surface area contributed by atoms with Crippen LogP contribution in [0.5, 0.6) is 0 Å². The molecule has 9 nitrogen and oxygen atoms in total. The predicted molar refractivity (Wildman–Crippen MR) is 117 cm³/mol. The second kappa shape index (κ2) is 9.11. The van der Waals surface area contributed by atoms with Crippen LogP contribution in [0.4, 0.5) is 5.82 Å². The lowest BCUT2D eigenvalue weighted by atomic mass is 10.1. The maximum Gasteiger partial charge on any atom is 0.360 e. The van der Waals surface area contributed by atoms with Gasteiger partial charge in [-0.15, -0.1) is 0 Å². The van der Waals surface area contributed by atoms with E-state index in [9.17, 15) is 14.4 Å². The number of benzene rings is 1. The Morgan fingerprint density at radius 3 is 2.39 bits per heavy atom. The molecule has 0 aliphatic heterocycles. The smallest absolute Gasteiger partial charge is 0.360 e. The monoisotopic (exact) mass is 425 g/mol. The zero-order valence-corrected chi connectivity index (χ0v) is 18.3. The van der Waals surface area contributed by atoms with Crippen LogP contribution in [0, 0.1) is 5.92 Å². The van der Waals surface area contributed by atoms with Crippen molar-refractivity contribution in [3.05, 3.63) is 52.6 Å². The largest absolute Gasteiger partial charge is 0.448 e. The van der Waals surface area contributed by atoms with E-state index >= 15 is 0 Å². The second-order valence-electron chi connectivity index (χ2n) is 8.07. The fourth-order valence-corrected chi connectivity index (χ4v) is 3.18. The molecule has 164 valence electrons. The zero-order chi connectivity index (χ0) is 22.7. The molecule has 0 saturated heterocycles. The third-order valence-corrected chi connectivity index (χ3v) is 4.66. The lowest BCUT2D eigenvalue weighted by Crippen LogP contribution is -2.33. The Labute approximate surface area is 180 Å². The van der Waals surface area contributed by atoms with Crippen molar-refractivity contribution in [2.75, 3.05) is 5.32 Å². The van der Waals surface area contributed by atoms with Crippen molar-refractivity contribution in [3.8, 4) is 0 Å². The molecule has 2 heterocycles. The van der Waals surface area contributed by atoms with Crippen molar-refractivity contribution in [3.63, 3.8) is 0 Å². The van der Waals surface area contributed by atoms with E-state index in [-0.39, 0.29) is 23.2 Å². The highest BCUT2D eigenvalue weighted by atomic mass is 16.5. The number of hydrogen-bond acceptors (Lipinski definition) is 6. The van der Waals surface area contributed by atoms with E-state index in [0.29, 0.717) is 23.1 Å². The number of ether oxygens (including phenoxy) is 1. The molecule has 9 heteroatoms. The van der Waals surface area contributed by atoms with Gasteiger partial charge in [0.05, 0.1) is 11.6 Å². The highest BCUT2D eigenvalue weighted by Crippen LogP contribution is 2.17. The lowest BCUT2D eigenvalue weighted by Gasteiger charge is -2.16. The molecule has 1 aromatic carbocycles. The first-order valence-electron chi connectivity index (χ1n) is 10.2. The topological polar surface area (TPSA) is 108 Å². The van der Waals surface area contributed by atoms with Gasteiger partial charge in [0.15, 0.2) is 11.8 Å². The van der Waals surface area contributed by atoms with Crippen LogP contribution >= 0.6 is 0 Å². The highest BCUT2D eigenvalue weighted by molar-refractivity contribution is 6.03. The molecule has 0 aliphatic rings. The molecule has 0 fully saturated rings. The number of rotatable bonds is 7. The van der Waals surface area contributed by atoms with Gasteiger partial charge in [-0.2, -0.15) is 10.2 Å². The number of esters is 1. The molecule has 1 atom stereocenters. The van der Waals surface area contributed by atoms with E-state index in [4.69, 9.17) is 4.74 Å². The molecular weight excluding hydrogens is 398 g/mol. The van der Waals surface area contributed by atoms with E-state index in [1.165, 1.54) is 11.6 Å². The first-order chi connectivity index (χ1) is 14.7. The number of hydrogen-bond donors (Lipinski definition) is 1. The number of anilines is 1. The minimum atomic E-state index is -1.07. The Kier molecular flexibility index (Phi) is 6.53. The van der Waals surface area contributed by atoms with Gasteiger partial charge in [-0.3, -0.25) is 9.59 Å². The van der Waals surface area contributed by atoms with E-state index in [1.807, 2.05) is 27.7 Å². The summed E-state index contributed by atoms with van der Waals surface area (Å²) in [6, 6.07) is 8.47. The second-order valence-corrected chi connectivity index (χ2v) is 8.07. The number of fused-ring (bicyclic) bond motifs is 1. The lowest BCUT2D eigenvalue weighted by molar-refractivity contribution is -0.123. The summed E-state index contributed by atoms with van der Waals surface area (Å²) in [6.45, 7) is 9.63. The normalized spacial score (nSPS) is 12.4. The van der Waals surface area contributed by atoms with Gasteiger partial charge in [0, 0.05) is 24.0 Å². The average Bonchev–Trinajstić information content (AvgIpc) is 3.18. The summed E-state index contributed by atoms with van der Waals surface area (Å²) in [5, 5.41) is 11.9. The van der Waals surface area contributed by atoms with Gasteiger partial charge in [0.2, 0.25) is 0 Å². The average molecular weight is 425 g/mol. The van der Waals surface area contributed by atoms with E-state index < -0.39 is 18.0 Å². The number of carbonyl (C=O) groups excluding carboxylic acids is 2. The number of aromatic nitrogens is 4. The maximum atomic E-state index is 12.9. The van der Waals surface area contributed by atoms with Crippen LogP contribution in [0.1, 0.15) is 51.1 Å². The van der Waals surface area contributed by atoms with Gasteiger partial charge in [0.1, 0.15) is 5.82 Å². The predicted octanol–water partition coefficient (Wildman–Crippen LogP) is 3.01. The number of amides is 1. The first-order valence-corrected chi connectivity index (χ1v) is 10.2. The Morgan fingerprint density at radius 1 is 1.06 bits per heavy atom. The van der Waals surface area contributed by atoms with Crippen molar-refractivity contribution < 1.29 is 14.3 Å². The van der Waals surface area contributed by atoms with Gasteiger partial charge in [-0.05, 0) is 32.8 Å². The summed E-state index contributed by atoms with van der Waals surface area (Å²) in [5.74, 6) is -0.591. The summed E-state index contributed by atoms with van der Waals surface area (Å²) >= 11 is 0. The molecule has 1 N–H and O–H groups in total. The Bertz CT molecular complexity index is 1160. The van der Waals surface area contributed by atoms with Crippen molar-refractivity contribution in [2.45, 2.75) is 53.3 Å². The summed E-state index contributed by atoms with van der Waals surface area (Å²) < 4.78 is 8.33. The van der Waals surface area contributed by atoms with Crippen molar-refractivity contribution in [1.29, 1.82) is 0 Å². The first kappa shape index (κ1) is 22.2. The molecule has 0 spiro atoms. The Balaban J connectivity index is 1.85. The molecule has 2 aromatic heterocycles. The van der Waals surface area contributed by atoms with Gasteiger partial charge in [-0.1, -0.05) is 32.0 Å². The minimum absolute atomic E-state index is 0.00252. The molecule has 0 saturated carbocycles. The molecule has 1 amide bonds. The SMILES string of the molecule is CC(C)Cn1nc(C(=O)O[C@H](C)C(=O)Nc2ccnn2C(C)C)c2ccccc2c1=O. The maximum absolute atomic E-state index is 12.9. The Hall–Kier alpha value is -3.49. The van der Waals surface area contributed by atoms with Gasteiger partial charge >= 0.3 is 5.97 Å². The minimum Gasteiger partial charge on any atom is -0.448 e. The molecule has 0 radical (unpaired) electrons. The Morgan fingerprint density at radius 2 is 1.74 bits per heavy atom. The zero-order valence-electron chi connectivity index (χ0n) is 18.3. The van der Waals surface area contributed by atoms with Crippen LogP contribution in [0.15, 0.2) is 41.3 Å². The molecule has 31 heavy (non-hydrogen) atoms. The van der Waals surface area contributed by atoms with Crippen LogP contribution in [0.3, 0.4) is 0 Å². The van der Waals surface area contributed by atoms with Gasteiger partial charge < -0.3 is 10.1 Å². The summed E-state index contributed by atoms with van der Waals surface area (Å²) in [6.07, 6.45) is 0.509. The standard InChI is InChI=1S/C22H27N5O4/c1-13(2)12-26-21(29)17-9-7-6-8-16(17)19(25-26)22(30)31-15(5)20(28)24-18-10-11-23-27(18)14(3)4/h6-11,13-15H,12H2,1-5H3,(H,24,28)/t15-/m1/s1. The quantitative estimate of drug-likeness (QED) is 0.583. The number of carbonyl (C=O) groups is 2. The summed E-state index contributed by atoms with van der Waals surface area (Å²) in [7, 11) is 0. The molecule has 0 bridgehead atoms. The van der Waals surface area contributed by atoms with E-state index in [1.54, 1.807) is 41.2 Å². The van der Waals surface area contributed by atoms with Crippen LogP contribution in [0.25, 0.3) is 10.8 Å². The van der Waals surface area contributed by atoms with E-state index in [0.717, 1.165) is 0 Å².